The molecule has 18 heavy (non-hydrogen) atoms. The molecule has 1 aromatic heterocycles. The van der Waals surface area contributed by atoms with Gasteiger partial charge in [0.25, 0.3) is 0 Å². The fourth-order valence-electron chi connectivity index (χ4n) is 1.34. The summed E-state index contributed by atoms with van der Waals surface area (Å²) >= 11 is 0. The van der Waals surface area contributed by atoms with Crippen LogP contribution in [0.15, 0.2) is 12.4 Å². The lowest BCUT2D eigenvalue weighted by atomic mass is 10.0. The summed E-state index contributed by atoms with van der Waals surface area (Å²) in [6, 6.07) is -0.813. The monoisotopic (exact) mass is 254 g/mol. The molecule has 0 saturated heterocycles. The lowest BCUT2D eigenvalue weighted by Gasteiger charge is -2.15. The van der Waals surface area contributed by atoms with Gasteiger partial charge >= 0.3 is 11.7 Å². The van der Waals surface area contributed by atoms with E-state index < -0.39 is 16.9 Å². The van der Waals surface area contributed by atoms with Crippen LogP contribution in [0.5, 0.6) is 0 Å². The lowest BCUT2D eigenvalue weighted by Crippen LogP contribution is -2.31. The minimum absolute atomic E-state index is 0.0636. The van der Waals surface area contributed by atoms with E-state index in [0.29, 0.717) is 6.42 Å². The lowest BCUT2D eigenvalue weighted by molar-refractivity contribution is -0.385. The van der Waals surface area contributed by atoms with Crippen LogP contribution in [0.1, 0.15) is 20.3 Å². The Hall–Kier alpha value is -2.25. The highest BCUT2D eigenvalue weighted by atomic mass is 16.6. The molecule has 1 heterocycles. The molecule has 1 rings (SSSR count). The fraction of sp³-hybridized carbons (Fsp3) is 0.500. The van der Waals surface area contributed by atoms with Crippen LogP contribution in [0.2, 0.25) is 0 Å². The highest BCUT2D eigenvalue weighted by Crippen LogP contribution is 2.12. The summed E-state index contributed by atoms with van der Waals surface area (Å²) in [7, 11) is 0. The smallest absolute Gasteiger partial charge is 0.326 e. The highest BCUT2D eigenvalue weighted by Gasteiger charge is 2.20. The van der Waals surface area contributed by atoms with Gasteiger partial charge in [0.05, 0.1) is 4.92 Å². The van der Waals surface area contributed by atoms with Gasteiger partial charge in [-0.1, -0.05) is 13.8 Å². The van der Waals surface area contributed by atoms with Crippen molar-refractivity contribution in [2.45, 2.75) is 26.3 Å². The van der Waals surface area contributed by atoms with Crippen LogP contribution in [0.4, 0.5) is 11.6 Å². The molecular weight excluding hydrogens is 240 g/mol. The summed E-state index contributed by atoms with van der Waals surface area (Å²) in [5.41, 5.74) is -0.240. The first-order chi connectivity index (χ1) is 8.40. The van der Waals surface area contributed by atoms with Gasteiger partial charge in [0.2, 0.25) is 5.95 Å². The second-order valence-electron chi connectivity index (χ2n) is 4.19. The molecule has 1 aromatic rings. The van der Waals surface area contributed by atoms with E-state index in [2.05, 4.69) is 15.3 Å². The van der Waals surface area contributed by atoms with E-state index in [1.54, 1.807) is 0 Å². The quantitative estimate of drug-likeness (QED) is 0.580. The summed E-state index contributed by atoms with van der Waals surface area (Å²) < 4.78 is 0. The third kappa shape index (κ3) is 3.96. The number of carbonyl (C=O) groups is 1. The largest absolute Gasteiger partial charge is 0.480 e. The van der Waals surface area contributed by atoms with Crippen LogP contribution < -0.4 is 5.32 Å². The number of hydrogen-bond acceptors (Lipinski definition) is 6. The molecule has 0 amide bonds. The Morgan fingerprint density at radius 3 is 2.44 bits per heavy atom. The molecule has 0 aliphatic rings. The van der Waals surface area contributed by atoms with Crippen LogP contribution in [0, 0.1) is 16.0 Å². The number of nitrogens with zero attached hydrogens (tertiary/aromatic N) is 3. The molecule has 0 bridgehead atoms. The predicted octanol–water partition coefficient (Wildman–Crippen LogP) is 1.30. The van der Waals surface area contributed by atoms with Gasteiger partial charge in [0.15, 0.2) is 0 Å². The van der Waals surface area contributed by atoms with Gasteiger partial charge in [-0.3, -0.25) is 10.1 Å². The maximum absolute atomic E-state index is 11.0. The van der Waals surface area contributed by atoms with E-state index in [9.17, 15) is 14.9 Å². The number of nitro groups is 1. The number of hydrogen-bond donors (Lipinski definition) is 2. The normalized spacial score (nSPS) is 12.2. The number of carboxylic acid groups (broad SMARTS) is 1. The Morgan fingerprint density at radius 1 is 1.50 bits per heavy atom. The molecule has 1 atom stereocenters. The van der Waals surface area contributed by atoms with Crippen molar-refractivity contribution in [3.8, 4) is 0 Å². The second kappa shape index (κ2) is 5.89. The molecule has 2 N–H and O–H groups in total. The van der Waals surface area contributed by atoms with Gasteiger partial charge in [0.1, 0.15) is 18.4 Å². The molecule has 0 unspecified atom stereocenters. The maximum Gasteiger partial charge on any atom is 0.326 e. The van der Waals surface area contributed by atoms with Crippen LogP contribution in [0.25, 0.3) is 0 Å². The van der Waals surface area contributed by atoms with E-state index in [-0.39, 0.29) is 17.6 Å². The first-order valence-corrected chi connectivity index (χ1v) is 5.36. The van der Waals surface area contributed by atoms with E-state index in [0.717, 1.165) is 12.4 Å². The number of aliphatic carboxylic acids is 1. The minimum Gasteiger partial charge on any atom is -0.480 e. The Balaban J connectivity index is 2.75. The summed E-state index contributed by atoms with van der Waals surface area (Å²) in [5, 5.41) is 22.0. The molecule has 0 saturated carbocycles. The molecule has 0 spiro atoms. The Morgan fingerprint density at radius 2 is 2.06 bits per heavy atom. The van der Waals surface area contributed by atoms with E-state index >= 15 is 0 Å². The zero-order valence-electron chi connectivity index (χ0n) is 10.0. The number of anilines is 1. The number of carboxylic acids is 1. The van der Waals surface area contributed by atoms with Gasteiger partial charge in [-0.25, -0.2) is 14.8 Å². The van der Waals surface area contributed by atoms with E-state index in [4.69, 9.17) is 5.11 Å². The Labute approximate surface area is 103 Å². The zero-order valence-corrected chi connectivity index (χ0v) is 10.0. The van der Waals surface area contributed by atoms with Crippen molar-refractivity contribution in [1.82, 2.24) is 9.97 Å². The standard InChI is InChI=1S/C10H14N4O4/c1-6(2)3-8(9(15)16)13-10-11-4-7(5-12-10)14(17)18/h4-6,8H,3H2,1-2H3,(H,15,16)(H,11,12,13)/t8-/m1/s1. The van der Waals surface area contributed by atoms with Crippen molar-refractivity contribution in [2.75, 3.05) is 5.32 Å². The second-order valence-corrected chi connectivity index (χ2v) is 4.19. The molecule has 0 aromatic carbocycles. The van der Waals surface area contributed by atoms with Crippen molar-refractivity contribution in [1.29, 1.82) is 0 Å². The average molecular weight is 254 g/mol. The molecule has 0 fully saturated rings. The zero-order chi connectivity index (χ0) is 13.7. The van der Waals surface area contributed by atoms with Gasteiger partial charge in [-0.2, -0.15) is 0 Å². The maximum atomic E-state index is 11.0. The molecule has 0 aliphatic heterocycles. The van der Waals surface area contributed by atoms with E-state index in [1.165, 1.54) is 0 Å². The summed E-state index contributed by atoms with van der Waals surface area (Å²) in [4.78, 5) is 28.2. The molecule has 8 nitrogen and oxygen atoms in total. The molecule has 98 valence electrons. The first-order valence-electron chi connectivity index (χ1n) is 5.36. The van der Waals surface area contributed by atoms with Crippen molar-refractivity contribution in [3.63, 3.8) is 0 Å². The summed E-state index contributed by atoms with van der Waals surface area (Å²) in [5.74, 6) is -0.754. The highest BCUT2D eigenvalue weighted by molar-refractivity contribution is 5.76. The third-order valence-corrected chi connectivity index (χ3v) is 2.16. The Bertz CT molecular complexity index is 432. The van der Waals surface area contributed by atoms with Gasteiger partial charge in [-0.15, -0.1) is 0 Å². The van der Waals surface area contributed by atoms with E-state index in [1.807, 2.05) is 13.8 Å². The van der Waals surface area contributed by atoms with Crippen LogP contribution >= 0.6 is 0 Å². The van der Waals surface area contributed by atoms with Crippen LogP contribution in [0.3, 0.4) is 0 Å². The van der Waals surface area contributed by atoms with Crippen molar-refractivity contribution in [2.24, 2.45) is 5.92 Å². The van der Waals surface area contributed by atoms with Gasteiger partial charge in [0, 0.05) is 0 Å². The molecule has 0 aliphatic carbocycles. The molecular formula is C10H14N4O4. The SMILES string of the molecule is CC(C)C[C@@H](Nc1ncc([N+](=O)[O-])cn1)C(=O)O. The third-order valence-electron chi connectivity index (χ3n) is 2.16. The minimum atomic E-state index is -1.01. The first kappa shape index (κ1) is 13.8. The van der Waals surface area contributed by atoms with Crippen molar-refractivity contribution < 1.29 is 14.8 Å². The van der Waals surface area contributed by atoms with Crippen molar-refractivity contribution >= 4 is 17.6 Å². The van der Waals surface area contributed by atoms with Gasteiger partial charge < -0.3 is 10.4 Å². The van der Waals surface area contributed by atoms with Crippen molar-refractivity contribution in [3.05, 3.63) is 22.5 Å². The van der Waals surface area contributed by atoms with Crippen LogP contribution in [-0.2, 0) is 4.79 Å². The fourth-order valence-corrected chi connectivity index (χ4v) is 1.34. The molecule has 0 radical (unpaired) electrons. The summed E-state index contributed by atoms with van der Waals surface area (Å²) in [6.45, 7) is 3.79. The number of rotatable bonds is 6. The topological polar surface area (TPSA) is 118 Å². The number of aromatic nitrogens is 2. The van der Waals surface area contributed by atoms with Crippen LogP contribution in [-0.4, -0.2) is 32.0 Å². The Kier molecular flexibility index (Phi) is 4.52. The molecule has 8 heteroatoms. The predicted molar refractivity (Wildman–Crippen MR) is 63.2 cm³/mol. The van der Waals surface area contributed by atoms with Gasteiger partial charge in [-0.05, 0) is 12.3 Å². The average Bonchev–Trinajstić information content (AvgIpc) is 2.28. The number of nitrogens with one attached hydrogen (secondary N) is 1. The summed E-state index contributed by atoms with van der Waals surface area (Å²) in [6.07, 6.45) is 2.48.